The Labute approximate surface area is 156 Å². The lowest BCUT2D eigenvalue weighted by molar-refractivity contribution is -0.123. The van der Waals surface area contributed by atoms with E-state index in [-0.39, 0.29) is 24.9 Å². The van der Waals surface area contributed by atoms with Crippen molar-refractivity contribution in [1.82, 2.24) is 5.32 Å². The second-order valence-corrected chi connectivity index (χ2v) is 6.68. The van der Waals surface area contributed by atoms with Gasteiger partial charge in [-0.15, -0.1) is 11.8 Å². The quantitative estimate of drug-likeness (QED) is 0.844. The summed E-state index contributed by atoms with van der Waals surface area (Å²) in [5.41, 5.74) is 1.59. The average Bonchev–Trinajstić information content (AvgIpc) is 2.68. The van der Waals surface area contributed by atoms with E-state index in [4.69, 9.17) is 9.47 Å². The minimum atomic E-state index is -0.232. The molecule has 1 aliphatic rings. The number of carbonyl (C=O) groups excluding carboxylic acids is 2. The lowest BCUT2D eigenvalue weighted by Gasteiger charge is -2.28. The minimum absolute atomic E-state index is 0.0112. The monoisotopic (exact) mass is 372 g/mol. The smallest absolute Gasteiger partial charge is 0.240 e. The van der Waals surface area contributed by atoms with E-state index >= 15 is 0 Å². The van der Waals surface area contributed by atoms with Crippen LogP contribution in [0.5, 0.6) is 11.5 Å². The zero-order valence-electron chi connectivity index (χ0n) is 14.7. The summed E-state index contributed by atoms with van der Waals surface area (Å²) in [6.07, 6.45) is 0. The Bertz CT molecular complexity index is 825. The maximum atomic E-state index is 12.4. The lowest BCUT2D eigenvalue weighted by atomic mass is 10.2. The van der Waals surface area contributed by atoms with E-state index in [9.17, 15) is 9.59 Å². The molecule has 1 heterocycles. The van der Waals surface area contributed by atoms with E-state index in [2.05, 4.69) is 5.32 Å². The zero-order chi connectivity index (χ0) is 18.5. The summed E-state index contributed by atoms with van der Waals surface area (Å²) in [6, 6.07) is 13.1. The highest BCUT2D eigenvalue weighted by Crippen LogP contribution is 2.34. The molecule has 2 amide bonds. The molecule has 6 nitrogen and oxygen atoms in total. The van der Waals surface area contributed by atoms with Crippen LogP contribution >= 0.6 is 11.8 Å². The number of fused-ring (bicyclic) bond motifs is 1. The largest absolute Gasteiger partial charge is 0.493 e. The molecule has 136 valence electrons. The zero-order valence-corrected chi connectivity index (χ0v) is 15.5. The number of anilines is 1. The van der Waals surface area contributed by atoms with Crippen molar-refractivity contribution in [3.05, 3.63) is 48.0 Å². The Hall–Kier alpha value is -2.67. The van der Waals surface area contributed by atoms with Gasteiger partial charge in [0, 0.05) is 17.0 Å². The van der Waals surface area contributed by atoms with Crippen molar-refractivity contribution in [2.24, 2.45) is 0 Å². The highest BCUT2D eigenvalue weighted by molar-refractivity contribution is 8.00. The number of amides is 2. The van der Waals surface area contributed by atoms with Gasteiger partial charge in [-0.2, -0.15) is 0 Å². The second-order valence-electron chi connectivity index (χ2n) is 5.67. The topological polar surface area (TPSA) is 67.9 Å². The molecule has 0 aliphatic carbocycles. The van der Waals surface area contributed by atoms with Crippen LogP contribution < -0.4 is 19.7 Å². The molecule has 0 spiro atoms. The maximum absolute atomic E-state index is 12.4. The van der Waals surface area contributed by atoms with Crippen molar-refractivity contribution < 1.29 is 19.1 Å². The van der Waals surface area contributed by atoms with Crippen LogP contribution in [0.2, 0.25) is 0 Å². The molecule has 0 atom stereocenters. The third kappa shape index (κ3) is 3.77. The molecule has 0 saturated heterocycles. The molecule has 0 radical (unpaired) electrons. The first-order chi connectivity index (χ1) is 12.6. The third-order valence-corrected chi connectivity index (χ3v) is 5.12. The summed E-state index contributed by atoms with van der Waals surface area (Å²) in [4.78, 5) is 27.2. The van der Waals surface area contributed by atoms with Crippen molar-refractivity contribution in [3.63, 3.8) is 0 Å². The number of thioether (sulfide) groups is 1. The SMILES string of the molecule is COc1cccc(CNC(=O)CN2C(=O)CSc3ccccc32)c1OC. The Morgan fingerprint density at radius 1 is 1.15 bits per heavy atom. The lowest BCUT2D eigenvalue weighted by Crippen LogP contribution is -2.43. The number of ether oxygens (including phenoxy) is 2. The van der Waals surface area contributed by atoms with Crippen molar-refractivity contribution in [3.8, 4) is 11.5 Å². The van der Waals surface area contributed by atoms with Crippen LogP contribution in [-0.4, -0.2) is 38.3 Å². The van der Waals surface area contributed by atoms with Crippen molar-refractivity contribution in [2.75, 3.05) is 31.4 Å². The number of nitrogens with one attached hydrogen (secondary N) is 1. The van der Waals surface area contributed by atoms with E-state index in [1.807, 2.05) is 36.4 Å². The molecule has 7 heteroatoms. The Morgan fingerprint density at radius 3 is 2.73 bits per heavy atom. The van der Waals surface area contributed by atoms with Crippen LogP contribution in [0.1, 0.15) is 5.56 Å². The minimum Gasteiger partial charge on any atom is -0.493 e. The first kappa shape index (κ1) is 18.1. The molecule has 26 heavy (non-hydrogen) atoms. The molecule has 2 aromatic carbocycles. The summed E-state index contributed by atoms with van der Waals surface area (Å²) < 4.78 is 10.6. The van der Waals surface area contributed by atoms with Gasteiger partial charge in [0.05, 0.1) is 25.7 Å². The molecular formula is C19H20N2O4S. The maximum Gasteiger partial charge on any atom is 0.240 e. The summed E-state index contributed by atoms with van der Waals surface area (Å²) in [5.74, 6) is 1.24. The summed E-state index contributed by atoms with van der Waals surface area (Å²) in [7, 11) is 3.13. The van der Waals surface area contributed by atoms with E-state index in [1.165, 1.54) is 16.7 Å². The van der Waals surface area contributed by atoms with Gasteiger partial charge in [-0.05, 0) is 18.2 Å². The number of nitrogens with zero attached hydrogens (tertiary/aromatic N) is 1. The molecular weight excluding hydrogens is 352 g/mol. The summed E-state index contributed by atoms with van der Waals surface area (Å²) in [5, 5.41) is 2.85. The molecule has 0 unspecified atom stereocenters. The van der Waals surface area contributed by atoms with Crippen LogP contribution in [0.15, 0.2) is 47.4 Å². The molecule has 0 bridgehead atoms. The third-order valence-electron chi connectivity index (χ3n) is 4.07. The number of benzene rings is 2. The fourth-order valence-electron chi connectivity index (χ4n) is 2.81. The molecule has 0 aromatic heterocycles. The fourth-order valence-corrected chi connectivity index (χ4v) is 3.75. The second kappa shape index (κ2) is 8.14. The fraction of sp³-hybridized carbons (Fsp3) is 0.263. The van der Waals surface area contributed by atoms with Crippen LogP contribution in [-0.2, 0) is 16.1 Å². The van der Waals surface area contributed by atoms with Gasteiger partial charge in [-0.3, -0.25) is 9.59 Å². The van der Waals surface area contributed by atoms with Gasteiger partial charge in [0.15, 0.2) is 11.5 Å². The first-order valence-electron chi connectivity index (χ1n) is 8.12. The van der Waals surface area contributed by atoms with Gasteiger partial charge in [-0.1, -0.05) is 24.3 Å². The van der Waals surface area contributed by atoms with Gasteiger partial charge in [0.25, 0.3) is 0 Å². The van der Waals surface area contributed by atoms with Crippen molar-refractivity contribution >= 4 is 29.3 Å². The molecule has 1 aliphatic heterocycles. The summed E-state index contributed by atoms with van der Waals surface area (Å²) >= 11 is 1.49. The molecule has 1 N–H and O–H groups in total. The van der Waals surface area contributed by atoms with E-state index < -0.39 is 0 Å². The highest BCUT2D eigenvalue weighted by Gasteiger charge is 2.26. The number of para-hydroxylation sites is 2. The summed E-state index contributed by atoms with van der Waals surface area (Å²) in [6.45, 7) is 0.278. The van der Waals surface area contributed by atoms with E-state index in [0.29, 0.717) is 17.3 Å². The van der Waals surface area contributed by atoms with Gasteiger partial charge < -0.3 is 19.7 Å². The predicted octanol–water partition coefficient (Wildman–Crippen LogP) is 2.46. The van der Waals surface area contributed by atoms with Crippen LogP contribution in [0.4, 0.5) is 5.69 Å². The first-order valence-corrected chi connectivity index (χ1v) is 9.11. The van der Waals surface area contributed by atoms with Crippen molar-refractivity contribution in [1.29, 1.82) is 0 Å². The van der Waals surface area contributed by atoms with E-state index in [1.54, 1.807) is 20.3 Å². The average molecular weight is 372 g/mol. The predicted molar refractivity (Wildman–Crippen MR) is 101 cm³/mol. The number of hydrogen-bond donors (Lipinski definition) is 1. The Balaban J connectivity index is 1.68. The normalized spacial score (nSPS) is 13.2. The van der Waals surface area contributed by atoms with Gasteiger partial charge in [-0.25, -0.2) is 0 Å². The highest BCUT2D eigenvalue weighted by atomic mass is 32.2. The number of carbonyl (C=O) groups is 2. The Morgan fingerprint density at radius 2 is 1.96 bits per heavy atom. The molecule has 2 aromatic rings. The van der Waals surface area contributed by atoms with Gasteiger partial charge in [0.2, 0.25) is 11.8 Å². The van der Waals surface area contributed by atoms with Gasteiger partial charge >= 0.3 is 0 Å². The van der Waals surface area contributed by atoms with Crippen molar-refractivity contribution in [2.45, 2.75) is 11.4 Å². The molecule has 3 rings (SSSR count). The number of methoxy groups -OCH3 is 2. The Kier molecular flexibility index (Phi) is 5.68. The van der Waals surface area contributed by atoms with Crippen LogP contribution in [0.25, 0.3) is 0 Å². The molecule has 0 fully saturated rings. The standard InChI is InChI=1S/C19H20N2O4S/c1-24-15-8-5-6-13(19(15)25-2)10-20-17(22)11-21-14-7-3-4-9-16(14)26-12-18(21)23/h3-9H,10-12H2,1-2H3,(H,20,22). The number of hydrogen-bond acceptors (Lipinski definition) is 5. The molecule has 0 saturated carbocycles. The van der Waals surface area contributed by atoms with Crippen LogP contribution in [0.3, 0.4) is 0 Å². The van der Waals surface area contributed by atoms with E-state index in [0.717, 1.165) is 16.1 Å². The van der Waals surface area contributed by atoms with Crippen LogP contribution in [0, 0.1) is 0 Å². The number of rotatable bonds is 6. The van der Waals surface area contributed by atoms with Gasteiger partial charge in [0.1, 0.15) is 6.54 Å².